The fraction of sp³-hybridized carbons (Fsp3) is 0.143. The molecule has 1 nitrogen and oxygen atoms in total. The Hall–Kier alpha value is -1.33. The van der Waals surface area contributed by atoms with Crippen LogP contribution >= 0.6 is 9.90 Å². The number of hydrogen-bond acceptors (Lipinski definition) is 1. The third-order valence-corrected chi connectivity index (χ3v) is 2.31. The Morgan fingerprint density at radius 2 is 1.38 bits per heavy atom. The van der Waals surface area contributed by atoms with E-state index in [1.165, 1.54) is 5.56 Å². The van der Waals surface area contributed by atoms with Gasteiger partial charge in [-0.15, -0.1) is 0 Å². The molecule has 1 atom stereocenters. The zero-order valence-electron chi connectivity index (χ0n) is 9.52. The van der Waals surface area contributed by atoms with Gasteiger partial charge in [0.2, 0.25) is 0 Å². The van der Waals surface area contributed by atoms with Crippen LogP contribution in [-0.2, 0) is 6.42 Å². The van der Waals surface area contributed by atoms with Crippen molar-refractivity contribution in [3.05, 3.63) is 60.2 Å². The van der Waals surface area contributed by atoms with Crippen molar-refractivity contribution < 1.29 is 4.74 Å². The Morgan fingerprint density at radius 3 is 1.94 bits per heavy atom. The van der Waals surface area contributed by atoms with Gasteiger partial charge in [-0.3, -0.25) is 0 Å². The van der Waals surface area contributed by atoms with Gasteiger partial charge in [-0.2, -0.15) is 9.90 Å². The average molecular weight is 232 g/mol. The summed E-state index contributed by atoms with van der Waals surface area (Å²) >= 11 is 0. The Bertz CT molecular complexity index is 409. The zero-order chi connectivity index (χ0) is 10.5. The van der Waals surface area contributed by atoms with Gasteiger partial charge in [0.1, 0.15) is 11.5 Å². The van der Waals surface area contributed by atoms with E-state index >= 15 is 0 Å². The molecule has 2 aromatic rings. The SMILES string of the molecule is CCc1ccc(Oc2ccccc2)cc1.P. The number of ether oxygens (including phenoxy) is 1. The smallest absolute Gasteiger partial charge is 0.127 e. The molecule has 0 heterocycles. The molecule has 84 valence electrons. The summed E-state index contributed by atoms with van der Waals surface area (Å²) in [5, 5.41) is 0. The first kappa shape index (κ1) is 12.7. The normalized spacial score (nSPS) is 9.31. The van der Waals surface area contributed by atoms with Crippen LogP contribution in [0, 0.1) is 0 Å². The minimum atomic E-state index is 0. The molecule has 1 unspecified atom stereocenters. The van der Waals surface area contributed by atoms with Gasteiger partial charge in [0.25, 0.3) is 0 Å². The number of rotatable bonds is 3. The minimum Gasteiger partial charge on any atom is -0.457 e. The van der Waals surface area contributed by atoms with Crippen molar-refractivity contribution in [3.63, 3.8) is 0 Å². The summed E-state index contributed by atoms with van der Waals surface area (Å²) in [5.74, 6) is 1.76. The number of benzene rings is 2. The summed E-state index contributed by atoms with van der Waals surface area (Å²) < 4.78 is 5.68. The average Bonchev–Trinajstić information content (AvgIpc) is 2.31. The first-order valence-electron chi connectivity index (χ1n) is 5.20. The molecule has 0 radical (unpaired) electrons. The molecular weight excluding hydrogens is 215 g/mol. The van der Waals surface area contributed by atoms with Gasteiger partial charge in [-0.05, 0) is 36.2 Å². The van der Waals surface area contributed by atoms with E-state index < -0.39 is 0 Å². The van der Waals surface area contributed by atoms with Crippen LogP contribution in [0.15, 0.2) is 54.6 Å². The van der Waals surface area contributed by atoms with Gasteiger partial charge < -0.3 is 4.74 Å². The van der Waals surface area contributed by atoms with Crippen molar-refractivity contribution in [2.24, 2.45) is 0 Å². The van der Waals surface area contributed by atoms with Crippen molar-refractivity contribution in [2.45, 2.75) is 13.3 Å². The fourth-order valence-electron chi connectivity index (χ4n) is 1.42. The predicted octanol–water partition coefficient (Wildman–Crippen LogP) is 4.10. The fourth-order valence-corrected chi connectivity index (χ4v) is 1.42. The number of hydrogen-bond donors (Lipinski definition) is 0. The van der Waals surface area contributed by atoms with Crippen LogP contribution in [0.2, 0.25) is 0 Å². The van der Waals surface area contributed by atoms with E-state index in [4.69, 9.17) is 4.74 Å². The molecule has 16 heavy (non-hydrogen) atoms. The zero-order valence-corrected chi connectivity index (χ0v) is 10.9. The van der Waals surface area contributed by atoms with Crippen molar-refractivity contribution in [1.82, 2.24) is 0 Å². The molecule has 0 N–H and O–H groups in total. The minimum absolute atomic E-state index is 0. The Balaban J connectivity index is 0.00000128. The van der Waals surface area contributed by atoms with Crippen molar-refractivity contribution >= 4 is 9.90 Å². The van der Waals surface area contributed by atoms with Gasteiger partial charge in [-0.25, -0.2) is 0 Å². The monoisotopic (exact) mass is 232 g/mol. The molecule has 0 aliphatic carbocycles. The van der Waals surface area contributed by atoms with Crippen LogP contribution in [0.3, 0.4) is 0 Å². The molecule has 0 saturated carbocycles. The summed E-state index contributed by atoms with van der Waals surface area (Å²) in [6, 6.07) is 18.0. The largest absolute Gasteiger partial charge is 0.457 e. The van der Waals surface area contributed by atoms with E-state index in [9.17, 15) is 0 Å². The lowest BCUT2D eigenvalue weighted by Gasteiger charge is -2.05. The standard InChI is InChI=1S/C14H14O.H3P/c1-2-12-8-10-14(11-9-12)15-13-6-4-3-5-7-13;/h3-11H,2H2,1H3;1H3. The van der Waals surface area contributed by atoms with E-state index in [2.05, 4.69) is 19.1 Å². The molecule has 0 spiro atoms. The van der Waals surface area contributed by atoms with E-state index in [1.54, 1.807) is 0 Å². The Kier molecular flexibility index (Phi) is 5.01. The van der Waals surface area contributed by atoms with Crippen LogP contribution in [0.4, 0.5) is 0 Å². The van der Waals surface area contributed by atoms with Crippen LogP contribution in [-0.4, -0.2) is 0 Å². The molecule has 0 aromatic heterocycles. The first-order valence-corrected chi connectivity index (χ1v) is 5.20. The van der Waals surface area contributed by atoms with Crippen LogP contribution in [0.25, 0.3) is 0 Å². The lowest BCUT2D eigenvalue weighted by molar-refractivity contribution is 0.482. The highest BCUT2D eigenvalue weighted by molar-refractivity contribution is 6.92. The van der Waals surface area contributed by atoms with E-state index in [0.29, 0.717) is 0 Å². The van der Waals surface area contributed by atoms with Gasteiger partial charge in [0, 0.05) is 0 Å². The number of aryl methyl sites for hydroxylation is 1. The second-order valence-electron chi connectivity index (χ2n) is 3.41. The third-order valence-electron chi connectivity index (χ3n) is 2.31. The molecule has 0 aliphatic rings. The Labute approximate surface area is 100 Å². The molecule has 2 rings (SSSR count). The lowest BCUT2D eigenvalue weighted by Crippen LogP contribution is -1.84. The van der Waals surface area contributed by atoms with Crippen LogP contribution in [0.1, 0.15) is 12.5 Å². The van der Waals surface area contributed by atoms with E-state index in [0.717, 1.165) is 17.9 Å². The maximum absolute atomic E-state index is 5.68. The van der Waals surface area contributed by atoms with Gasteiger partial charge in [-0.1, -0.05) is 37.3 Å². The summed E-state index contributed by atoms with van der Waals surface area (Å²) in [7, 11) is 0. The molecule has 2 aromatic carbocycles. The topological polar surface area (TPSA) is 9.23 Å². The van der Waals surface area contributed by atoms with Crippen LogP contribution < -0.4 is 4.74 Å². The van der Waals surface area contributed by atoms with Crippen LogP contribution in [0.5, 0.6) is 11.5 Å². The van der Waals surface area contributed by atoms with Gasteiger partial charge in [0.15, 0.2) is 0 Å². The summed E-state index contributed by atoms with van der Waals surface area (Å²) in [6.45, 7) is 2.15. The molecular formula is C14H17OP. The first-order chi connectivity index (χ1) is 7.38. The maximum Gasteiger partial charge on any atom is 0.127 e. The quantitative estimate of drug-likeness (QED) is 0.724. The number of para-hydroxylation sites is 1. The second-order valence-corrected chi connectivity index (χ2v) is 3.41. The highest BCUT2D eigenvalue weighted by Crippen LogP contribution is 2.20. The van der Waals surface area contributed by atoms with Gasteiger partial charge in [0.05, 0.1) is 0 Å². The highest BCUT2D eigenvalue weighted by Gasteiger charge is 1.95. The second kappa shape index (κ2) is 6.30. The summed E-state index contributed by atoms with van der Waals surface area (Å²) in [4.78, 5) is 0. The lowest BCUT2D eigenvalue weighted by atomic mass is 10.2. The summed E-state index contributed by atoms with van der Waals surface area (Å²) in [6.07, 6.45) is 1.06. The molecule has 0 fully saturated rings. The molecule has 0 aliphatic heterocycles. The van der Waals surface area contributed by atoms with Gasteiger partial charge >= 0.3 is 0 Å². The van der Waals surface area contributed by atoms with E-state index in [-0.39, 0.29) is 9.90 Å². The van der Waals surface area contributed by atoms with Crippen molar-refractivity contribution in [1.29, 1.82) is 0 Å². The summed E-state index contributed by atoms with van der Waals surface area (Å²) in [5.41, 5.74) is 1.33. The molecule has 2 heteroatoms. The molecule has 0 saturated heterocycles. The van der Waals surface area contributed by atoms with Crippen molar-refractivity contribution in [3.8, 4) is 11.5 Å². The van der Waals surface area contributed by atoms with Crippen molar-refractivity contribution in [2.75, 3.05) is 0 Å². The highest BCUT2D eigenvalue weighted by atomic mass is 31.0. The Morgan fingerprint density at radius 1 is 0.812 bits per heavy atom. The third kappa shape index (κ3) is 3.36. The molecule has 0 bridgehead atoms. The predicted molar refractivity (Wildman–Crippen MR) is 73.4 cm³/mol. The van der Waals surface area contributed by atoms with E-state index in [1.807, 2.05) is 42.5 Å². The molecule has 0 amide bonds. The maximum atomic E-state index is 5.68.